The van der Waals surface area contributed by atoms with Crippen LogP contribution in [0.2, 0.25) is 0 Å². The SMILES string of the molecule is O=[N+]([O-])n1cnc2c3ccccc3c3ccccc3c21. The molecule has 1 aromatic heterocycles. The van der Waals surface area contributed by atoms with Crippen LogP contribution in [0.4, 0.5) is 0 Å². The molecule has 96 valence electrons. The van der Waals surface area contributed by atoms with Gasteiger partial charge in [0.15, 0.2) is 11.4 Å². The van der Waals surface area contributed by atoms with Crippen molar-refractivity contribution in [1.29, 1.82) is 0 Å². The molecule has 5 heteroatoms. The molecule has 4 aromatic rings. The Bertz CT molecular complexity index is 988. The van der Waals surface area contributed by atoms with Crippen molar-refractivity contribution in [3.8, 4) is 0 Å². The molecule has 0 radical (unpaired) electrons. The van der Waals surface area contributed by atoms with E-state index in [1.165, 1.54) is 6.33 Å². The topological polar surface area (TPSA) is 61.0 Å². The average molecular weight is 263 g/mol. The first-order valence-electron chi connectivity index (χ1n) is 6.18. The standard InChI is InChI=1S/C15H9N3O2/c19-18(20)17-9-16-14-12-7-3-1-5-10(12)11-6-2-4-8-13(11)15(14)17/h1-9H. The summed E-state index contributed by atoms with van der Waals surface area (Å²) in [6.07, 6.45) is 1.27. The van der Waals surface area contributed by atoms with Gasteiger partial charge in [-0.15, -0.1) is 0 Å². The van der Waals surface area contributed by atoms with E-state index in [0.29, 0.717) is 11.0 Å². The largest absolute Gasteiger partial charge is 0.234 e. The molecule has 0 spiro atoms. The Morgan fingerprint density at radius 3 is 2.10 bits per heavy atom. The Labute approximate surface area is 113 Å². The molecule has 0 aliphatic carbocycles. The maximum absolute atomic E-state index is 11.2. The molecule has 0 N–H and O–H groups in total. The maximum atomic E-state index is 11.2. The highest BCUT2D eigenvalue weighted by Gasteiger charge is 2.17. The van der Waals surface area contributed by atoms with Crippen molar-refractivity contribution < 1.29 is 5.03 Å². The molecular weight excluding hydrogens is 254 g/mol. The fourth-order valence-corrected chi connectivity index (χ4v) is 2.76. The number of benzene rings is 3. The fraction of sp³-hybridized carbons (Fsp3) is 0. The third-order valence-electron chi connectivity index (χ3n) is 3.58. The third-order valence-corrected chi connectivity index (χ3v) is 3.58. The van der Waals surface area contributed by atoms with Crippen LogP contribution in [0, 0.1) is 10.1 Å². The minimum atomic E-state index is -0.448. The lowest BCUT2D eigenvalue weighted by molar-refractivity contribution is -0.537. The Kier molecular flexibility index (Phi) is 2.06. The maximum Gasteiger partial charge on any atom is 0.171 e. The molecule has 0 amide bonds. The highest BCUT2D eigenvalue weighted by atomic mass is 16.7. The molecule has 0 bridgehead atoms. The van der Waals surface area contributed by atoms with Crippen LogP contribution in [-0.4, -0.2) is 14.7 Å². The zero-order valence-electron chi connectivity index (χ0n) is 10.4. The van der Waals surface area contributed by atoms with Gasteiger partial charge in [0.25, 0.3) is 0 Å². The zero-order valence-corrected chi connectivity index (χ0v) is 10.4. The quantitative estimate of drug-likeness (QED) is 0.300. The molecule has 0 atom stereocenters. The summed E-state index contributed by atoms with van der Waals surface area (Å²) in [6, 6.07) is 15.5. The van der Waals surface area contributed by atoms with Gasteiger partial charge in [-0.3, -0.25) is 0 Å². The van der Waals surface area contributed by atoms with Gasteiger partial charge >= 0.3 is 0 Å². The van der Waals surface area contributed by atoms with Crippen molar-refractivity contribution in [1.82, 2.24) is 9.66 Å². The van der Waals surface area contributed by atoms with Gasteiger partial charge in [0.05, 0.1) is 0 Å². The number of fused-ring (bicyclic) bond motifs is 6. The van der Waals surface area contributed by atoms with Gasteiger partial charge in [-0.1, -0.05) is 48.5 Å². The molecule has 0 saturated carbocycles. The van der Waals surface area contributed by atoms with Crippen molar-refractivity contribution in [2.45, 2.75) is 0 Å². The number of hydrogen-bond acceptors (Lipinski definition) is 3. The van der Waals surface area contributed by atoms with Crippen LogP contribution in [0.1, 0.15) is 0 Å². The van der Waals surface area contributed by atoms with Crippen molar-refractivity contribution >= 4 is 32.6 Å². The number of nitro groups is 1. The van der Waals surface area contributed by atoms with Crippen LogP contribution in [0.25, 0.3) is 32.6 Å². The Morgan fingerprint density at radius 2 is 1.45 bits per heavy atom. The van der Waals surface area contributed by atoms with Crippen molar-refractivity contribution in [3.63, 3.8) is 0 Å². The summed E-state index contributed by atoms with van der Waals surface area (Å²) < 4.78 is 0.990. The molecule has 0 aliphatic heterocycles. The summed E-state index contributed by atoms with van der Waals surface area (Å²) in [5.74, 6) is 0. The molecule has 1 heterocycles. The van der Waals surface area contributed by atoms with Crippen LogP contribution in [0.3, 0.4) is 0 Å². The molecule has 3 aromatic carbocycles. The van der Waals surface area contributed by atoms with Crippen LogP contribution in [0.15, 0.2) is 54.9 Å². The summed E-state index contributed by atoms with van der Waals surface area (Å²) in [4.78, 5) is 15.4. The molecular formula is C15H9N3O2. The van der Waals surface area contributed by atoms with E-state index in [1.54, 1.807) is 0 Å². The van der Waals surface area contributed by atoms with E-state index in [2.05, 4.69) is 4.98 Å². The number of aromatic nitrogens is 2. The van der Waals surface area contributed by atoms with Crippen molar-refractivity contribution in [3.05, 3.63) is 65.0 Å². The Morgan fingerprint density at radius 1 is 0.900 bits per heavy atom. The Balaban J connectivity index is 2.41. The first-order valence-corrected chi connectivity index (χ1v) is 6.18. The number of imidazole rings is 1. The molecule has 0 aliphatic rings. The minimum absolute atomic E-state index is 0.448. The van der Waals surface area contributed by atoms with E-state index < -0.39 is 5.03 Å². The highest BCUT2D eigenvalue weighted by molar-refractivity contribution is 6.23. The number of hydrogen-bond donors (Lipinski definition) is 0. The third kappa shape index (κ3) is 1.29. The fourth-order valence-electron chi connectivity index (χ4n) is 2.76. The second kappa shape index (κ2) is 3.77. The molecule has 5 nitrogen and oxygen atoms in total. The number of rotatable bonds is 1. The van der Waals surface area contributed by atoms with Gasteiger partial charge < -0.3 is 0 Å². The van der Waals surface area contributed by atoms with Gasteiger partial charge in [0.1, 0.15) is 11.0 Å². The lowest BCUT2D eigenvalue weighted by atomic mass is 10.00. The molecule has 4 rings (SSSR count). The van der Waals surface area contributed by atoms with Gasteiger partial charge in [0.2, 0.25) is 0 Å². The van der Waals surface area contributed by atoms with E-state index in [1.807, 2.05) is 48.5 Å². The van der Waals surface area contributed by atoms with Crippen LogP contribution < -0.4 is 0 Å². The summed E-state index contributed by atoms with van der Waals surface area (Å²) in [7, 11) is 0. The molecule has 0 saturated heterocycles. The summed E-state index contributed by atoms with van der Waals surface area (Å²) in [5, 5.41) is 14.6. The lowest BCUT2D eigenvalue weighted by Gasteiger charge is -2.05. The van der Waals surface area contributed by atoms with E-state index in [9.17, 15) is 10.1 Å². The first kappa shape index (κ1) is 10.9. The molecule has 0 fully saturated rings. The summed E-state index contributed by atoms with van der Waals surface area (Å²) in [6.45, 7) is 0. The van der Waals surface area contributed by atoms with Crippen LogP contribution >= 0.6 is 0 Å². The van der Waals surface area contributed by atoms with Gasteiger partial charge in [-0.05, 0) is 15.4 Å². The zero-order chi connectivity index (χ0) is 13.7. The molecule has 20 heavy (non-hydrogen) atoms. The monoisotopic (exact) mass is 263 g/mol. The highest BCUT2D eigenvalue weighted by Crippen LogP contribution is 2.33. The summed E-state index contributed by atoms with van der Waals surface area (Å²) in [5.41, 5.74) is 1.21. The van der Waals surface area contributed by atoms with Crippen molar-refractivity contribution in [2.75, 3.05) is 0 Å². The normalized spacial score (nSPS) is 11.4. The lowest BCUT2D eigenvalue weighted by Crippen LogP contribution is -2.06. The summed E-state index contributed by atoms with van der Waals surface area (Å²) >= 11 is 0. The molecule has 0 unspecified atom stereocenters. The number of nitrogens with zero attached hydrogens (tertiary/aromatic N) is 3. The predicted molar refractivity (Wildman–Crippen MR) is 77.1 cm³/mol. The van der Waals surface area contributed by atoms with E-state index >= 15 is 0 Å². The van der Waals surface area contributed by atoms with Gasteiger partial charge in [-0.25, -0.2) is 15.1 Å². The van der Waals surface area contributed by atoms with Crippen LogP contribution in [-0.2, 0) is 0 Å². The minimum Gasteiger partial charge on any atom is -0.234 e. The van der Waals surface area contributed by atoms with Gasteiger partial charge in [-0.2, -0.15) is 0 Å². The second-order valence-electron chi connectivity index (χ2n) is 4.62. The smallest absolute Gasteiger partial charge is 0.171 e. The average Bonchev–Trinajstić information content (AvgIpc) is 2.93. The predicted octanol–water partition coefficient (Wildman–Crippen LogP) is 3.38. The van der Waals surface area contributed by atoms with Crippen molar-refractivity contribution in [2.24, 2.45) is 0 Å². The van der Waals surface area contributed by atoms with E-state index in [0.717, 1.165) is 26.2 Å². The second-order valence-corrected chi connectivity index (χ2v) is 4.62. The van der Waals surface area contributed by atoms with Gasteiger partial charge in [0, 0.05) is 10.8 Å². The van der Waals surface area contributed by atoms with Crippen LogP contribution in [0.5, 0.6) is 0 Å². The Hall–Kier alpha value is -2.95. The van der Waals surface area contributed by atoms with E-state index in [4.69, 9.17) is 0 Å². The first-order chi connectivity index (χ1) is 9.77. The van der Waals surface area contributed by atoms with E-state index in [-0.39, 0.29) is 0 Å².